The molecule has 0 aliphatic rings. The van der Waals surface area contributed by atoms with Gasteiger partial charge in [-0.25, -0.2) is 4.39 Å². The van der Waals surface area contributed by atoms with Crippen molar-refractivity contribution in [2.24, 2.45) is 5.73 Å². The second-order valence-corrected chi connectivity index (χ2v) is 6.28. The molecule has 0 heterocycles. The second kappa shape index (κ2) is 6.43. The Kier molecular flexibility index (Phi) is 5.07. The molecule has 0 aliphatic heterocycles. The van der Waals surface area contributed by atoms with Crippen LogP contribution in [0.1, 0.15) is 17.2 Å². The van der Waals surface area contributed by atoms with Gasteiger partial charge in [0.1, 0.15) is 11.6 Å². The number of ether oxygens (including phenoxy) is 1. The number of halogens is 4. The van der Waals surface area contributed by atoms with Crippen LogP contribution < -0.4 is 10.5 Å². The summed E-state index contributed by atoms with van der Waals surface area (Å²) < 4.78 is 20.4. The summed E-state index contributed by atoms with van der Waals surface area (Å²) in [6.45, 7) is 0. The molecule has 0 radical (unpaired) electrons. The molecule has 2 N–H and O–H groups in total. The highest BCUT2D eigenvalue weighted by Crippen LogP contribution is 2.33. The molecule has 6 heteroatoms. The minimum atomic E-state index is -0.609. The number of hydrogen-bond donors (Lipinski definition) is 1. The van der Waals surface area contributed by atoms with Gasteiger partial charge in [0.25, 0.3) is 0 Å². The summed E-state index contributed by atoms with van der Waals surface area (Å²) in [4.78, 5) is 0. The van der Waals surface area contributed by atoms with Crippen LogP contribution in [0.3, 0.4) is 0 Å². The Labute approximate surface area is 138 Å². The van der Waals surface area contributed by atoms with E-state index in [4.69, 9.17) is 22.1 Å². The van der Waals surface area contributed by atoms with Crippen molar-refractivity contribution in [3.8, 4) is 5.75 Å². The van der Waals surface area contributed by atoms with Crippen molar-refractivity contribution < 1.29 is 9.13 Å². The molecule has 0 bridgehead atoms. The molecular weight excluding hydrogens is 412 g/mol. The molecule has 2 aromatic rings. The molecule has 20 heavy (non-hydrogen) atoms. The zero-order valence-corrected chi connectivity index (χ0v) is 14.4. The predicted molar refractivity (Wildman–Crippen MR) is 85.8 cm³/mol. The van der Waals surface area contributed by atoms with Crippen LogP contribution >= 0.6 is 43.5 Å². The average molecular weight is 424 g/mol. The standard InChI is InChI=1S/C14H11Br2ClFNO/c1-20-13-3-2-7(4-10(13)16)14(19)8-5-11(17)9(15)6-12(8)18/h2-6,14H,19H2,1H3. The lowest BCUT2D eigenvalue weighted by molar-refractivity contribution is 0.412. The maximum atomic E-state index is 14.0. The van der Waals surface area contributed by atoms with E-state index < -0.39 is 11.9 Å². The third kappa shape index (κ3) is 3.17. The molecular formula is C14H11Br2ClFNO. The maximum absolute atomic E-state index is 14.0. The zero-order chi connectivity index (χ0) is 14.9. The van der Waals surface area contributed by atoms with Gasteiger partial charge in [0.15, 0.2) is 0 Å². The summed E-state index contributed by atoms with van der Waals surface area (Å²) in [7, 11) is 1.58. The monoisotopic (exact) mass is 421 g/mol. The third-order valence-corrected chi connectivity index (χ3v) is 4.73. The Morgan fingerprint density at radius 1 is 1.20 bits per heavy atom. The SMILES string of the molecule is COc1ccc(C(N)c2cc(Cl)c(Br)cc2F)cc1Br. The largest absolute Gasteiger partial charge is 0.496 e. The normalized spacial score (nSPS) is 12.3. The lowest BCUT2D eigenvalue weighted by atomic mass is 9.99. The van der Waals surface area contributed by atoms with E-state index in [9.17, 15) is 4.39 Å². The molecule has 2 aromatic carbocycles. The van der Waals surface area contributed by atoms with Gasteiger partial charge in [0.2, 0.25) is 0 Å². The van der Waals surface area contributed by atoms with Crippen LogP contribution in [0.5, 0.6) is 5.75 Å². The lowest BCUT2D eigenvalue weighted by Gasteiger charge is -2.16. The van der Waals surface area contributed by atoms with E-state index in [-0.39, 0.29) is 0 Å². The fourth-order valence-corrected chi connectivity index (χ4v) is 2.88. The van der Waals surface area contributed by atoms with Crippen LogP contribution in [0.4, 0.5) is 4.39 Å². The molecule has 0 aliphatic carbocycles. The van der Waals surface area contributed by atoms with Crippen LogP contribution in [0.15, 0.2) is 39.3 Å². The highest BCUT2D eigenvalue weighted by atomic mass is 79.9. The Balaban J connectivity index is 2.43. The maximum Gasteiger partial charge on any atom is 0.133 e. The first-order valence-corrected chi connectivity index (χ1v) is 7.64. The first-order valence-electron chi connectivity index (χ1n) is 5.67. The van der Waals surface area contributed by atoms with Crippen molar-refractivity contribution >= 4 is 43.5 Å². The molecule has 1 unspecified atom stereocenters. The Hall–Kier alpha value is -0.620. The third-order valence-electron chi connectivity index (χ3n) is 2.91. The number of methoxy groups -OCH3 is 1. The van der Waals surface area contributed by atoms with E-state index in [0.29, 0.717) is 20.8 Å². The molecule has 0 saturated carbocycles. The van der Waals surface area contributed by atoms with Crippen molar-refractivity contribution in [2.75, 3.05) is 7.11 Å². The summed E-state index contributed by atoms with van der Waals surface area (Å²) in [5.74, 6) is 0.288. The summed E-state index contributed by atoms with van der Waals surface area (Å²) in [6.07, 6.45) is 0. The average Bonchev–Trinajstić information content (AvgIpc) is 2.42. The molecule has 0 amide bonds. The van der Waals surface area contributed by atoms with Crippen molar-refractivity contribution in [1.82, 2.24) is 0 Å². The van der Waals surface area contributed by atoms with Gasteiger partial charge in [-0.3, -0.25) is 0 Å². The minimum Gasteiger partial charge on any atom is -0.496 e. The number of rotatable bonds is 3. The van der Waals surface area contributed by atoms with Gasteiger partial charge < -0.3 is 10.5 Å². The first kappa shape index (κ1) is 15.8. The molecule has 0 spiro atoms. The van der Waals surface area contributed by atoms with Gasteiger partial charge in [-0.2, -0.15) is 0 Å². The van der Waals surface area contributed by atoms with Gasteiger partial charge in [-0.1, -0.05) is 17.7 Å². The van der Waals surface area contributed by atoms with Gasteiger partial charge >= 0.3 is 0 Å². The van der Waals surface area contributed by atoms with Gasteiger partial charge in [-0.05, 0) is 61.7 Å². The highest BCUT2D eigenvalue weighted by molar-refractivity contribution is 9.10. The topological polar surface area (TPSA) is 35.2 Å². The van der Waals surface area contributed by atoms with Crippen molar-refractivity contribution in [3.63, 3.8) is 0 Å². The quantitative estimate of drug-likeness (QED) is 0.701. The van der Waals surface area contributed by atoms with Gasteiger partial charge in [0.05, 0.1) is 22.6 Å². The van der Waals surface area contributed by atoms with Crippen LogP contribution in [0.2, 0.25) is 5.02 Å². The smallest absolute Gasteiger partial charge is 0.133 e. The predicted octanol–water partition coefficient (Wildman–Crippen LogP) is 5.06. The molecule has 2 rings (SSSR count). The van der Waals surface area contributed by atoms with Gasteiger partial charge in [0, 0.05) is 10.0 Å². The summed E-state index contributed by atoms with van der Waals surface area (Å²) in [5.41, 5.74) is 7.22. The molecule has 0 fully saturated rings. The Bertz CT molecular complexity index is 651. The van der Waals surface area contributed by atoms with Crippen molar-refractivity contribution in [2.45, 2.75) is 6.04 Å². The number of nitrogens with two attached hydrogens (primary N) is 1. The molecule has 1 atom stereocenters. The summed E-state index contributed by atoms with van der Waals surface area (Å²) in [6, 6.07) is 7.61. The Morgan fingerprint density at radius 2 is 1.90 bits per heavy atom. The Morgan fingerprint density at radius 3 is 2.50 bits per heavy atom. The van der Waals surface area contributed by atoms with E-state index >= 15 is 0 Å². The van der Waals surface area contributed by atoms with Crippen molar-refractivity contribution in [3.05, 3.63) is 61.2 Å². The zero-order valence-electron chi connectivity index (χ0n) is 10.5. The molecule has 2 nitrogen and oxygen atoms in total. The number of benzene rings is 2. The van der Waals surface area contributed by atoms with Gasteiger partial charge in [-0.15, -0.1) is 0 Å². The minimum absolute atomic E-state index is 0.343. The van der Waals surface area contributed by atoms with Crippen LogP contribution in [0, 0.1) is 5.82 Å². The molecule has 0 saturated heterocycles. The van der Waals surface area contributed by atoms with Crippen LogP contribution in [-0.4, -0.2) is 7.11 Å². The van der Waals surface area contributed by atoms with E-state index in [1.165, 1.54) is 12.1 Å². The second-order valence-electron chi connectivity index (χ2n) is 4.16. The molecule has 0 aromatic heterocycles. The highest BCUT2D eigenvalue weighted by Gasteiger charge is 2.17. The van der Waals surface area contributed by atoms with E-state index in [2.05, 4.69) is 31.9 Å². The summed E-state index contributed by atoms with van der Waals surface area (Å²) >= 11 is 12.6. The molecule has 106 valence electrons. The van der Waals surface area contributed by atoms with E-state index in [0.717, 1.165) is 10.0 Å². The first-order chi connectivity index (χ1) is 9.43. The lowest BCUT2D eigenvalue weighted by Crippen LogP contribution is -2.14. The fourth-order valence-electron chi connectivity index (χ4n) is 1.83. The van der Waals surface area contributed by atoms with Crippen LogP contribution in [0.25, 0.3) is 0 Å². The van der Waals surface area contributed by atoms with E-state index in [1.54, 1.807) is 25.3 Å². The van der Waals surface area contributed by atoms with E-state index in [1.807, 2.05) is 0 Å². The van der Waals surface area contributed by atoms with Crippen LogP contribution in [-0.2, 0) is 0 Å². The number of hydrogen-bond acceptors (Lipinski definition) is 2. The summed E-state index contributed by atoms with van der Waals surface area (Å²) in [5, 5.41) is 0.421. The fraction of sp³-hybridized carbons (Fsp3) is 0.143. The van der Waals surface area contributed by atoms with Crippen molar-refractivity contribution in [1.29, 1.82) is 0 Å².